The zero-order valence-corrected chi connectivity index (χ0v) is 19.2. The molecule has 1 aliphatic heterocycles. The molecule has 1 N–H and O–H groups in total. The van der Waals surface area contributed by atoms with Gasteiger partial charge in [0.2, 0.25) is 10.0 Å². The van der Waals surface area contributed by atoms with Gasteiger partial charge in [-0.15, -0.1) is 0 Å². The third kappa shape index (κ3) is 6.61. The molecular formula is C22H26F3N3O4S. The summed E-state index contributed by atoms with van der Waals surface area (Å²) in [5.41, 5.74) is 2.24. The summed E-state index contributed by atoms with van der Waals surface area (Å²) in [5.74, 6) is 0.0595. The van der Waals surface area contributed by atoms with Crippen molar-refractivity contribution in [3.05, 3.63) is 59.2 Å². The van der Waals surface area contributed by atoms with E-state index in [1.54, 1.807) is 31.2 Å². The van der Waals surface area contributed by atoms with Crippen LogP contribution in [0.2, 0.25) is 0 Å². The number of urea groups is 1. The van der Waals surface area contributed by atoms with Crippen LogP contribution in [0.1, 0.15) is 16.7 Å². The number of sulfonamides is 1. The van der Waals surface area contributed by atoms with Crippen molar-refractivity contribution < 1.29 is 31.1 Å². The highest BCUT2D eigenvalue weighted by Crippen LogP contribution is 2.22. The lowest BCUT2D eigenvalue weighted by Gasteiger charge is -2.34. The lowest BCUT2D eigenvalue weighted by Crippen LogP contribution is -2.53. The summed E-state index contributed by atoms with van der Waals surface area (Å²) >= 11 is 0. The number of benzene rings is 2. The first-order valence-corrected chi connectivity index (χ1v) is 11.8. The van der Waals surface area contributed by atoms with Crippen LogP contribution in [0.5, 0.6) is 5.75 Å². The fraction of sp³-hybridized carbons (Fsp3) is 0.409. The number of nitrogens with one attached hydrogen (secondary N) is 1. The maximum atomic E-state index is 13.0. The summed E-state index contributed by atoms with van der Waals surface area (Å²) < 4.78 is 69.0. The highest BCUT2D eigenvalue weighted by Gasteiger charge is 2.31. The molecule has 0 unspecified atom stereocenters. The van der Waals surface area contributed by atoms with Gasteiger partial charge in [0.1, 0.15) is 5.75 Å². The number of ether oxygens (including phenoxy) is 1. The Morgan fingerprint density at radius 1 is 1.06 bits per heavy atom. The van der Waals surface area contributed by atoms with Gasteiger partial charge in [0, 0.05) is 32.7 Å². The van der Waals surface area contributed by atoms with Crippen molar-refractivity contribution in [2.45, 2.75) is 31.5 Å². The van der Waals surface area contributed by atoms with Crippen LogP contribution in [0, 0.1) is 13.8 Å². The average Bonchev–Trinajstić information content (AvgIpc) is 2.76. The molecule has 0 aliphatic carbocycles. The first kappa shape index (κ1) is 24.8. The number of hydrogen-bond donors (Lipinski definition) is 1. The van der Waals surface area contributed by atoms with Crippen LogP contribution in [0.15, 0.2) is 47.4 Å². The maximum Gasteiger partial charge on any atom is 0.422 e. The second-order valence-electron chi connectivity index (χ2n) is 7.87. The Hall–Kier alpha value is -2.79. The summed E-state index contributed by atoms with van der Waals surface area (Å²) in [6, 6.07) is 10.9. The number of amides is 2. The Labute approximate surface area is 191 Å². The molecule has 2 aromatic rings. The van der Waals surface area contributed by atoms with Crippen molar-refractivity contribution in [3.63, 3.8) is 0 Å². The van der Waals surface area contributed by atoms with Gasteiger partial charge < -0.3 is 15.0 Å². The van der Waals surface area contributed by atoms with Gasteiger partial charge in [0.05, 0.1) is 4.90 Å². The lowest BCUT2D eigenvalue weighted by molar-refractivity contribution is -0.153. The number of carbonyl (C=O) groups excluding carboxylic acids is 1. The van der Waals surface area contributed by atoms with Crippen molar-refractivity contribution in [2.75, 3.05) is 32.8 Å². The number of carbonyl (C=O) groups is 1. The molecule has 3 rings (SSSR count). The van der Waals surface area contributed by atoms with Gasteiger partial charge in [-0.25, -0.2) is 13.2 Å². The van der Waals surface area contributed by atoms with Crippen LogP contribution in [0.3, 0.4) is 0 Å². The first-order chi connectivity index (χ1) is 15.5. The molecule has 1 aliphatic rings. The van der Waals surface area contributed by atoms with E-state index in [1.165, 1.54) is 21.3 Å². The van der Waals surface area contributed by atoms with E-state index >= 15 is 0 Å². The standard InChI is InChI=1S/C22H26F3N3O4S/c1-16-6-7-20(17(2)12-16)33(30,31)28-10-8-27(9-11-28)21(29)26-14-18-4-3-5-19(13-18)32-15-22(23,24)25/h3-7,12-13H,8-11,14-15H2,1-2H3,(H,26,29). The number of aryl methyl sites for hydroxylation is 2. The second kappa shape index (κ2) is 10.0. The van der Waals surface area contributed by atoms with Gasteiger partial charge in [-0.05, 0) is 43.2 Å². The average molecular weight is 486 g/mol. The molecule has 2 amide bonds. The molecule has 0 atom stereocenters. The van der Waals surface area contributed by atoms with Crippen LogP contribution in [0.25, 0.3) is 0 Å². The first-order valence-electron chi connectivity index (χ1n) is 10.3. The number of halogens is 3. The zero-order chi connectivity index (χ0) is 24.2. The smallest absolute Gasteiger partial charge is 0.422 e. The fourth-order valence-electron chi connectivity index (χ4n) is 3.56. The monoisotopic (exact) mass is 485 g/mol. The summed E-state index contributed by atoms with van der Waals surface area (Å²) in [7, 11) is -3.65. The van der Waals surface area contributed by atoms with Crippen LogP contribution in [0.4, 0.5) is 18.0 Å². The molecule has 0 radical (unpaired) electrons. The minimum atomic E-state index is -4.43. The number of alkyl halides is 3. The van der Waals surface area contributed by atoms with E-state index in [2.05, 4.69) is 5.32 Å². The molecule has 0 aromatic heterocycles. The lowest BCUT2D eigenvalue weighted by atomic mass is 10.2. The zero-order valence-electron chi connectivity index (χ0n) is 18.4. The Bertz CT molecular complexity index is 1100. The van der Waals surface area contributed by atoms with Crippen LogP contribution < -0.4 is 10.1 Å². The Kier molecular flexibility index (Phi) is 7.53. The van der Waals surface area contributed by atoms with Crippen LogP contribution in [-0.2, 0) is 16.6 Å². The highest BCUT2D eigenvalue weighted by atomic mass is 32.2. The predicted octanol–water partition coefficient (Wildman–Crippen LogP) is 3.46. The molecule has 0 bridgehead atoms. The molecule has 33 heavy (non-hydrogen) atoms. The summed E-state index contributed by atoms with van der Waals surface area (Å²) in [5, 5.41) is 2.71. The fourth-order valence-corrected chi connectivity index (χ4v) is 5.19. The summed E-state index contributed by atoms with van der Waals surface area (Å²) in [6.07, 6.45) is -4.43. The van der Waals surface area contributed by atoms with Crippen molar-refractivity contribution in [3.8, 4) is 5.75 Å². The van der Waals surface area contributed by atoms with Gasteiger partial charge in [-0.2, -0.15) is 17.5 Å². The normalized spacial score (nSPS) is 15.4. The van der Waals surface area contributed by atoms with E-state index in [1.807, 2.05) is 13.0 Å². The molecule has 1 fully saturated rings. The van der Waals surface area contributed by atoms with Crippen LogP contribution >= 0.6 is 0 Å². The molecule has 0 saturated carbocycles. The molecule has 2 aromatic carbocycles. The van der Waals surface area contributed by atoms with E-state index in [9.17, 15) is 26.4 Å². The van der Waals surface area contributed by atoms with Gasteiger partial charge in [0.15, 0.2) is 6.61 Å². The van der Waals surface area contributed by atoms with Gasteiger partial charge in [-0.1, -0.05) is 29.8 Å². The minimum absolute atomic E-state index is 0.0595. The largest absolute Gasteiger partial charge is 0.484 e. The SMILES string of the molecule is Cc1ccc(S(=O)(=O)N2CCN(C(=O)NCc3cccc(OCC(F)(F)F)c3)CC2)c(C)c1. The quantitative estimate of drug-likeness (QED) is 0.680. The topological polar surface area (TPSA) is 79.0 Å². The van der Waals surface area contributed by atoms with E-state index < -0.39 is 22.8 Å². The molecular weight excluding hydrogens is 459 g/mol. The second-order valence-corrected chi connectivity index (χ2v) is 9.78. The van der Waals surface area contributed by atoms with Crippen molar-refractivity contribution >= 4 is 16.1 Å². The van der Waals surface area contributed by atoms with Gasteiger partial charge >= 0.3 is 12.2 Å². The third-order valence-electron chi connectivity index (χ3n) is 5.22. The number of nitrogens with zero attached hydrogens (tertiary/aromatic N) is 2. The van der Waals surface area contributed by atoms with Crippen molar-refractivity contribution in [2.24, 2.45) is 0 Å². The Balaban J connectivity index is 1.53. The Morgan fingerprint density at radius 3 is 2.39 bits per heavy atom. The summed E-state index contributed by atoms with van der Waals surface area (Å²) in [4.78, 5) is 14.3. The van der Waals surface area contributed by atoms with Crippen molar-refractivity contribution in [1.82, 2.24) is 14.5 Å². The molecule has 180 valence electrons. The van der Waals surface area contributed by atoms with Crippen LogP contribution in [-0.4, -0.2) is 62.6 Å². The minimum Gasteiger partial charge on any atom is -0.484 e. The van der Waals surface area contributed by atoms with Gasteiger partial charge in [0.25, 0.3) is 0 Å². The maximum absolute atomic E-state index is 13.0. The highest BCUT2D eigenvalue weighted by molar-refractivity contribution is 7.89. The molecule has 1 heterocycles. The molecule has 0 spiro atoms. The van der Waals surface area contributed by atoms with Gasteiger partial charge in [-0.3, -0.25) is 0 Å². The van der Waals surface area contributed by atoms with E-state index in [-0.39, 0.29) is 49.4 Å². The summed E-state index contributed by atoms with van der Waals surface area (Å²) in [6.45, 7) is 3.16. The predicted molar refractivity (Wildman–Crippen MR) is 116 cm³/mol. The number of hydrogen-bond acceptors (Lipinski definition) is 4. The Morgan fingerprint density at radius 2 is 1.76 bits per heavy atom. The third-order valence-corrected chi connectivity index (χ3v) is 7.28. The molecule has 7 nitrogen and oxygen atoms in total. The molecule has 11 heteroatoms. The van der Waals surface area contributed by atoms with E-state index in [0.29, 0.717) is 11.1 Å². The van der Waals surface area contributed by atoms with E-state index in [0.717, 1.165) is 5.56 Å². The van der Waals surface area contributed by atoms with E-state index in [4.69, 9.17) is 4.74 Å². The van der Waals surface area contributed by atoms with Crippen molar-refractivity contribution in [1.29, 1.82) is 0 Å². The molecule has 1 saturated heterocycles. The number of piperazine rings is 1. The number of rotatable bonds is 6.